The van der Waals surface area contributed by atoms with Crippen LogP contribution in [-0.4, -0.2) is 35.6 Å². The molecule has 3 aliphatic carbocycles. The number of halogens is 2. The zero-order valence-electron chi connectivity index (χ0n) is 19.2. The number of aromatic nitrogens is 4. The molecule has 0 amide bonds. The molecular weight excluding hydrogens is 452 g/mol. The largest absolute Gasteiger partial charge is 0.390 e. The van der Waals surface area contributed by atoms with E-state index in [9.17, 15) is 18.7 Å². The van der Waals surface area contributed by atoms with Crippen LogP contribution in [0.5, 0.6) is 0 Å². The maximum atomic E-state index is 13.7. The van der Waals surface area contributed by atoms with Crippen molar-refractivity contribution in [2.75, 3.05) is 5.73 Å². The lowest BCUT2D eigenvalue weighted by atomic mass is 9.72. The molecule has 35 heavy (non-hydrogen) atoms. The van der Waals surface area contributed by atoms with E-state index < -0.39 is 23.4 Å². The first-order valence-corrected chi connectivity index (χ1v) is 12.0. The van der Waals surface area contributed by atoms with Crippen LogP contribution in [0.25, 0.3) is 27.5 Å². The summed E-state index contributed by atoms with van der Waals surface area (Å²) in [4.78, 5) is 22.6. The smallest absolute Gasteiger partial charge is 0.258 e. The van der Waals surface area contributed by atoms with Gasteiger partial charge in [0.2, 0.25) is 0 Å². The third-order valence-corrected chi connectivity index (χ3v) is 8.36. The van der Waals surface area contributed by atoms with Crippen LogP contribution < -0.4 is 11.3 Å². The molecule has 0 aliphatic heterocycles. The molecule has 0 saturated heterocycles. The van der Waals surface area contributed by atoms with E-state index in [0.29, 0.717) is 48.1 Å². The predicted molar refractivity (Wildman–Crippen MR) is 127 cm³/mol. The summed E-state index contributed by atoms with van der Waals surface area (Å²) >= 11 is 0. The number of rotatable bonds is 3. The Balaban J connectivity index is 1.33. The van der Waals surface area contributed by atoms with Crippen LogP contribution in [0.3, 0.4) is 0 Å². The minimum Gasteiger partial charge on any atom is -0.390 e. The van der Waals surface area contributed by atoms with Crippen molar-refractivity contribution < 1.29 is 13.9 Å². The van der Waals surface area contributed by atoms with Gasteiger partial charge in [0.1, 0.15) is 22.9 Å². The van der Waals surface area contributed by atoms with Crippen LogP contribution in [0.1, 0.15) is 50.4 Å². The molecule has 3 N–H and O–H groups in total. The lowest BCUT2D eigenvalue weighted by Gasteiger charge is -2.40. The first kappa shape index (κ1) is 21.0. The maximum Gasteiger partial charge on any atom is 0.258 e. The molecule has 3 saturated carbocycles. The third kappa shape index (κ3) is 2.94. The summed E-state index contributed by atoms with van der Waals surface area (Å²) in [5.41, 5.74) is 7.43. The highest BCUT2D eigenvalue weighted by atomic mass is 19.3. The number of nitrogen functional groups attached to an aromatic ring is 1. The standard InChI is InChI=1S/C26H25F2N5O2/c1-25(35)11-15(12-25)23-31-20(21-22(29)30-5-7-33(21)23)14-3-2-13-4-6-32(24(34)17(13)8-14)16-9-18-19(10-16)26(18,27)28/h2-8,15-16,18-19,35H,9-12H2,1H3,(H2,29,30). The van der Waals surface area contributed by atoms with Crippen molar-refractivity contribution >= 4 is 22.1 Å². The van der Waals surface area contributed by atoms with Gasteiger partial charge in [-0.2, -0.15) is 0 Å². The number of hydrogen-bond donors (Lipinski definition) is 2. The number of fused-ring (bicyclic) bond motifs is 3. The molecule has 7 nitrogen and oxygen atoms in total. The summed E-state index contributed by atoms with van der Waals surface area (Å²) in [6, 6.07) is 7.27. The average Bonchev–Trinajstić information content (AvgIpc) is 3.20. The quantitative estimate of drug-likeness (QED) is 0.462. The summed E-state index contributed by atoms with van der Waals surface area (Å²) < 4.78 is 30.9. The van der Waals surface area contributed by atoms with Crippen molar-refractivity contribution in [3.05, 3.63) is 59.0 Å². The molecular formula is C26H25F2N5O2. The van der Waals surface area contributed by atoms with Crippen LogP contribution in [0.4, 0.5) is 14.6 Å². The van der Waals surface area contributed by atoms with Gasteiger partial charge in [-0.05, 0) is 50.1 Å². The summed E-state index contributed by atoms with van der Waals surface area (Å²) in [6.45, 7) is 1.82. The van der Waals surface area contributed by atoms with Crippen LogP contribution in [0, 0.1) is 11.8 Å². The van der Waals surface area contributed by atoms with Crippen molar-refractivity contribution in [2.45, 2.75) is 56.1 Å². The molecule has 3 heterocycles. The van der Waals surface area contributed by atoms with Gasteiger partial charge in [-0.15, -0.1) is 0 Å². The molecule has 3 aromatic heterocycles. The second-order valence-electron chi connectivity index (χ2n) is 10.8. The minimum atomic E-state index is -2.56. The van der Waals surface area contributed by atoms with Crippen molar-refractivity contribution in [3.8, 4) is 11.3 Å². The molecule has 1 aromatic carbocycles. The number of anilines is 1. The predicted octanol–water partition coefficient (Wildman–Crippen LogP) is 4.14. The molecule has 2 unspecified atom stereocenters. The summed E-state index contributed by atoms with van der Waals surface area (Å²) in [5.74, 6) is -2.51. The Morgan fingerprint density at radius 2 is 1.89 bits per heavy atom. The average molecular weight is 478 g/mol. The van der Waals surface area contributed by atoms with Crippen molar-refractivity contribution in [3.63, 3.8) is 0 Å². The monoisotopic (exact) mass is 477 g/mol. The Morgan fingerprint density at radius 1 is 1.14 bits per heavy atom. The van der Waals surface area contributed by atoms with Crippen LogP contribution in [0.2, 0.25) is 0 Å². The summed E-state index contributed by atoms with van der Waals surface area (Å²) in [5, 5.41) is 11.6. The normalized spacial score (nSPS) is 31.0. The molecule has 180 valence electrons. The van der Waals surface area contributed by atoms with Gasteiger partial charge in [0, 0.05) is 53.3 Å². The second kappa shape index (κ2) is 6.66. The van der Waals surface area contributed by atoms with Gasteiger partial charge >= 0.3 is 0 Å². The number of benzene rings is 1. The van der Waals surface area contributed by atoms with Gasteiger partial charge in [-0.1, -0.05) is 12.1 Å². The van der Waals surface area contributed by atoms with Crippen LogP contribution in [0.15, 0.2) is 47.7 Å². The molecule has 4 aromatic rings. The van der Waals surface area contributed by atoms with E-state index in [1.807, 2.05) is 41.8 Å². The van der Waals surface area contributed by atoms with Gasteiger partial charge < -0.3 is 15.4 Å². The second-order valence-corrected chi connectivity index (χ2v) is 10.8. The fourth-order valence-corrected chi connectivity index (χ4v) is 6.46. The Hall–Kier alpha value is -3.33. The number of imidazole rings is 1. The Morgan fingerprint density at radius 3 is 2.60 bits per heavy atom. The zero-order valence-corrected chi connectivity index (χ0v) is 19.2. The topological polar surface area (TPSA) is 98.4 Å². The van der Waals surface area contributed by atoms with E-state index in [2.05, 4.69) is 4.98 Å². The molecule has 7 rings (SSSR count). The zero-order chi connectivity index (χ0) is 24.3. The molecule has 0 radical (unpaired) electrons. The van der Waals surface area contributed by atoms with E-state index in [0.717, 1.165) is 16.8 Å². The lowest BCUT2D eigenvalue weighted by Crippen LogP contribution is -2.40. The number of hydrogen-bond acceptors (Lipinski definition) is 5. The first-order valence-electron chi connectivity index (χ1n) is 12.0. The van der Waals surface area contributed by atoms with Gasteiger partial charge in [0.05, 0.1) is 5.60 Å². The number of pyridine rings is 1. The van der Waals surface area contributed by atoms with Crippen LogP contribution in [-0.2, 0) is 0 Å². The highest BCUT2D eigenvalue weighted by Crippen LogP contribution is 2.66. The number of nitrogens with two attached hydrogens (primary N) is 1. The molecule has 3 fully saturated rings. The van der Waals surface area contributed by atoms with E-state index in [1.165, 1.54) is 0 Å². The maximum absolute atomic E-state index is 13.7. The van der Waals surface area contributed by atoms with E-state index in [4.69, 9.17) is 10.7 Å². The number of alkyl halides is 2. The van der Waals surface area contributed by atoms with Crippen molar-refractivity contribution in [1.82, 2.24) is 18.9 Å². The molecule has 9 heteroatoms. The van der Waals surface area contributed by atoms with E-state index in [1.54, 1.807) is 17.0 Å². The number of nitrogens with zero attached hydrogens (tertiary/aromatic N) is 4. The fraction of sp³-hybridized carbons (Fsp3) is 0.423. The first-order chi connectivity index (χ1) is 16.6. The Bertz CT molecular complexity index is 1570. The number of aliphatic hydroxyl groups is 1. The van der Waals surface area contributed by atoms with Crippen molar-refractivity contribution in [1.29, 1.82) is 0 Å². The van der Waals surface area contributed by atoms with Gasteiger partial charge in [-0.3, -0.25) is 9.20 Å². The Labute approximate surface area is 199 Å². The fourth-order valence-electron chi connectivity index (χ4n) is 6.46. The molecule has 3 aliphatic rings. The highest BCUT2D eigenvalue weighted by molar-refractivity contribution is 5.91. The molecule has 0 spiro atoms. The minimum absolute atomic E-state index is 0.0951. The van der Waals surface area contributed by atoms with E-state index >= 15 is 0 Å². The van der Waals surface area contributed by atoms with Gasteiger partial charge in [0.25, 0.3) is 11.5 Å². The Kier molecular flexibility index (Phi) is 3.99. The van der Waals surface area contributed by atoms with Crippen LogP contribution >= 0.6 is 0 Å². The SMILES string of the molecule is CC1(O)CC(c2nc(-c3ccc4ccn(C5CC6C(C5)C6(F)F)c(=O)c4c3)c3c(N)nccn23)C1. The summed E-state index contributed by atoms with van der Waals surface area (Å²) in [6.07, 6.45) is 7.07. The van der Waals surface area contributed by atoms with Gasteiger partial charge in [-0.25, -0.2) is 18.7 Å². The molecule has 2 atom stereocenters. The highest BCUT2D eigenvalue weighted by Gasteiger charge is 2.71. The summed E-state index contributed by atoms with van der Waals surface area (Å²) in [7, 11) is 0. The third-order valence-electron chi connectivity index (χ3n) is 8.36. The van der Waals surface area contributed by atoms with E-state index in [-0.39, 0.29) is 17.5 Å². The lowest BCUT2D eigenvalue weighted by molar-refractivity contribution is -0.0335. The van der Waals surface area contributed by atoms with Gasteiger partial charge in [0.15, 0.2) is 0 Å². The van der Waals surface area contributed by atoms with Crippen molar-refractivity contribution in [2.24, 2.45) is 11.8 Å². The molecule has 0 bridgehead atoms.